The van der Waals surface area contributed by atoms with E-state index >= 15 is 0 Å². The van der Waals surface area contributed by atoms with Gasteiger partial charge in [-0.05, 0) is 73.2 Å². The molecule has 1 aromatic carbocycles. The molecule has 3 aliphatic rings. The Kier molecular flexibility index (Phi) is 7.55. The standard InChI is InChI=1S/C25H31ClN4O2S/c1-31-32-33-30-13-7-18(8-14-30)24-21-6-5-20(26)16-19(21)17-23(22-4-2-10-28-25(22)24)29-12-3-9-27-11-15-29/h2,4-6,10,16-18,24,27H,3,7-9,11-15H2,1H3. The molecule has 2 aliphatic heterocycles. The molecule has 1 unspecified atom stereocenters. The molecular weight excluding hydrogens is 456 g/mol. The molecule has 6 nitrogen and oxygen atoms in total. The van der Waals surface area contributed by atoms with Crippen LogP contribution >= 0.6 is 23.8 Å². The van der Waals surface area contributed by atoms with Crippen LogP contribution in [0.3, 0.4) is 0 Å². The topological polar surface area (TPSA) is 49.9 Å². The Hall–Kier alpha value is -1.61. The fourth-order valence-corrected chi connectivity index (χ4v) is 6.08. The van der Waals surface area contributed by atoms with Gasteiger partial charge >= 0.3 is 0 Å². The monoisotopic (exact) mass is 486 g/mol. The number of benzene rings is 1. The van der Waals surface area contributed by atoms with Crippen molar-refractivity contribution in [3.05, 3.63) is 63.9 Å². The van der Waals surface area contributed by atoms with Crippen molar-refractivity contribution in [3.63, 3.8) is 0 Å². The Morgan fingerprint density at radius 1 is 1.12 bits per heavy atom. The average Bonchev–Trinajstić information content (AvgIpc) is 3.19. The predicted molar refractivity (Wildman–Crippen MR) is 134 cm³/mol. The van der Waals surface area contributed by atoms with Crippen molar-refractivity contribution < 1.29 is 9.22 Å². The fraction of sp³-hybridized carbons (Fsp3) is 0.480. The molecule has 5 rings (SSSR count). The number of nitrogens with zero attached hydrogens (tertiary/aromatic N) is 3. The molecule has 2 saturated heterocycles. The van der Waals surface area contributed by atoms with Crippen LogP contribution in [0.15, 0.2) is 36.5 Å². The molecule has 0 radical (unpaired) electrons. The predicted octanol–water partition coefficient (Wildman–Crippen LogP) is 4.83. The lowest BCUT2D eigenvalue weighted by molar-refractivity contribution is -0.163. The smallest absolute Gasteiger partial charge is 0.121 e. The summed E-state index contributed by atoms with van der Waals surface area (Å²) in [5, 5.41) is 4.31. The van der Waals surface area contributed by atoms with Crippen LogP contribution in [0.2, 0.25) is 5.02 Å². The summed E-state index contributed by atoms with van der Waals surface area (Å²) in [6.07, 6.45) is 7.59. The zero-order chi connectivity index (χ0) is 22.6. The number of rotatable bonds is 5. The van der Waals surface area contributed by atoms with E-state index in [4.69, 9.17) is 25.8 Å². The largest absolute Gasteiger partial charge is 0.370 e. The van der Waals surface area contributed by atoms with E-state index in [1.807, 2.05) is 12.3 Å². The summed E-state index contributed by atoms with van der Waals surface area (Å²) in [7, 11) is 1.54. The normalized spacial score (nSPS) is 22.2. The van der Waals surface area contributed by atoms with Crippen LogP contribution in [0.25, 0.3) is 11.8 Å². The van der Waals surface area contributed by atoms with Gasteiger partial charge in [0.15, 0.2) is 0 Å². The zero-order valence-corrected chi connectivity index (χ0v) is 20.6. The van der Waals surface area contributed by atoms with Gasteiger partial charge in [0.25, 0.3) is 0 Å². The molecule has 3 heterocycles. The molecule has 2 fully saturated rings. The average molecular weight is 487 g/mol. The Bertz CT molecular complexity index is 988. The molecule has 0 amide bonds. The van der Waals surface area contributed by atoms with E-state index in [1.54, 1.807) is 7.11 Å². The Labute approximate surface area is 205 Å². The third kappa shape index (κ3) is 5.09. The number of fused-ring (bicyclic) bond motifs is 2. The van der Waals surface area contributed by atoms with E-state index in [1.165, 1.54) is 40.3 Å². The van der Waals surface area contributed by atoms with E-state index in [0.717, 1.165) is 63.6 Å². The Morgan fingerprint density at radius 3 is 2.85 bits per heavy atom. The van der Waals surface area contributed by atoms with Gasteiger partial charge < -0.3 is 10.2 Å². The lowest BCUT2D eigenvalue weighted by Gasteiger charge is -2.35. The van der Waals surface area contributed by atoms with Gasteiger partial charge in [0, 0.05) is 61.1 Å². The first-order chi connectivity index (χ1) is 16.2. The quantitative estimate of drug-likeness (QED) is 0.281. The molecule has 176 valence electrons. The van der Waals surface area contributed by atoms with Crippen molar-refractivity contribution in [2.45, 2.75) is 25.2 Å². The first-order valence-electron chi connectivity index (χ1n) is 11.8. The van der Waals surface area contributed by atoms with Gasteiger partial charge in [-0.1, -0.05) is 17.7 Å². The van der Waals surface area contributed by atoms with E-state index in [9.17, 15) is 0 Å². The van der Waals surface area contributed by atoms with Crippen LogP contribution in [-0.4, -0.2) is 60.6 Å². The maximum Gasteiger partial charge on any atom is 0.121 e. The molecule has 33 heavy (non-hydrogen) atoms. The van der Waals surface area contributed by atoms with E-state index < -0.39 is 0 Å². The molecule has 1 atom stereocenters. The number of nitrogens with one attached hydrogen (secondary N) is 1. The van der Waals surface area contributed by atoms with Gasteiger partial charge in [0.1, 0.15) is 12.2 Å². The first-order valence-corrected chi connectivity index (χ1v) is 12.9. The Morgan fingerprint density at radius 2 is 2.00 bits per heavy atom. The molecule has 2 aromatic rings. The van der Waals surface area contributed by atoms with Crippen molar-refractivity contribution in [1.29, 1.82) is 0 Å². The van der Waals surface area contributed by atoms with E-state index in [2.05, 4.69) is 44.9 Å². The van der Waals surface area contributed by atoms with Gasteiger partial charge in [-0.2, -0.15) is 0 Å². The second kappa shape index (κ2) is 10.8. The fourth-order valence-electron chi connectivity index (χ4n) is 5.39. The molecule has 0 spiro atoms. The van der Waals surface area contributed by atoms with Gasteiger partial charge in [-0.3, -0.25) is 4.98 Å². The maximum absolute atomic E-state index is 6.50. The van der Waals surface area contributed by atoms with Crippen LogP contribution in [0.5, 0.6) is 0 Å². The highest BCUT2D eigenvalue weighted by molar-refractivity contribution is 7.92. The summed E-state index contributed by atoms with van der Waals surface area (Å²) in [5.41, 5.74) is 6.28. The van der Waals surface area contributed by atoms with Crippen LogP contribution in [0.4, 0.5) is 0 Å². The minimum absolute atomic E-state index is 0.239. The highest BCUT2D eigenvalue weighted by Gasteiger charge is 2.35. The van der Waals surface area contributed by atoms with Crippen LogP contribution in [0.1, 0.15) is 47.6 Å². The van der Waals surface area contributed by atoms with Gasteiger partial charge in [0.2, 0.25) is 0 Å². The summed E-state index contributed by atoms with van der Waals surface area (Å²) < 4.78 is 7.32. The zero-order valence-electron chi connectivity index (χ0n) is 19.0. The van der Waals surface area contributed by atoms with Crippen LogP contribution < -0.4 is 5.32 Å². The summed E-state index contributed by atoms with van der Waals surface area (Å²) in [6.45, 7) is 6.02. The minimum Gasteiger partial charge on any atom is -0.370 e. The van der Waals surface area contributed by atoms with Crippen LogP contribution in [0, 0.1) is 5.92 Å². The van der Waals surface area contributed by atoms with Crippen molar-refractivity contribution >= 4 is 35.6 Å². The number of pyridine rings is 1. The van der Waals surface area contributed by atoms with Crippen molar-refractivity contribution in [3.8, 4) is 0 Å². The number of hydrogen-bond acceptors (Lipinski definition) is 7. The van der Waals surface area contributed by atoms with Crippen molar-refractivity contribution in [2.75, 3.05) is 46.4 Å². The lowest BCUT2D eigenvalue weighted by atomic mass is 9.76. The van der Waals surface area contributed by atoms with Crippen molar-refractivity contribution in [1.82, 2.24) is 19.5 Å². The highest BCUT2D eigenvalue weighted by Crippen LogP contribution is 2.45. The second-order valence-electron chi connectivity index (χ2n) is 8.88. The van der Waals surface area contributed by atoms with Gasteiger partial charge in [-0.25, -0.2) is 9.19 Å². The number of aromatic nitrogens is 1. The number of hydrogen-bond donors (Lipinski definition) is 1. The molecular formula is C25H31ClN4O2S. The van der Waals surface area contributed by atoms with Gasteiger partial charge in [0.05, 0.1) is 12.8 Å². The van der Waals surface area contributed by atoms with E-state index in [-0.39, 0.29) is 5.92 Å². The summed E-state index contributed by atoms with van der Waals surface area (Å²) in [6, 6.07) is 10.7. The molecule has 0 bridgehead atoms. The first kappa shape index (κ1) is 23.1. The Balaban J connectivity index is 1.54. The minimum atomic E-state index is 0.239. The molecule has 1 N–H and O–H groups in total. The molecule has 1 aromatic heterocycles. The van der Waals surface area contributed by atoms with E-state index in [0.29, 0.717) is 5.92 Å². The van der Waals surface area contributed by atoms with Gasteiger partial charge in [-0.15, -0.1) is 4.33 Å². The van der Waals surface area contributed by atoms with Crippen molar-refractivity contribution in [2.24, 2.45) is 5.92 Å². The molecule has 0 saturated carbocycles. The lowest BCUT2D eigenvalue weighted by Crippen LogP contribution is -2.32. The summed E-state index contributed by atoms with van der Waals surface area (Å²) in [5.74, 6) is 0.735. The summed E-state index contributed by atoms with van der Waals surface area (Å²) >= 11 is 7.80. The number of piperidine rings is 1. The second-order valence-corrected chi connectivity index (χ2v) is 10.1. The number of halogens is 1. The SMILES string of the molecule is COOSN1CCC(C2c3ccc(Cl)cc3C=C(N3CCCNCC3)c3cccnc32)CC1. The third-order valence-corrected chi connectivity index (χ3v) is 7.95. The van der Waals surface area contributed by atoms with Crippen LogP contribution in [-0.2, 0) is 9.22 Å². The molecule has 8 heteroatoms. The highest BCUT2D eigenvalue weighted by atomic mass is 35.5. The maximum atomic E-state index is 6.50. The molecule has 1 aliphatic carbocycles. The third-order valence-electron chi connectivity index (χ3n) is 6.94. The summed E-state index contributed by atoms with van der Waals surface area (Å²) in [4.78, 5) is 12.3.